The third-order valence-corrected chi connectivity index (χ3v) is 4.04. The van der Waals surface area contributed by atoms with Crippen molar-refractivity contribution in [2.45, 2.75) is 32.9 Å². The van der Waals surface area contributed by atoms with Crippen molar-refractivity contribution < 1.29 is 14.7 Å². The quantitative estimate of drug-likeness (QED) is 0.843. The van der Waals surface area contributed by atoms with Crippen molar-refractivity contribution in [1.82, 2.24) is 9.88 Å². The zero-order valence-electron chi connectivity index (χ0n) is 14.5. The number of carboxylic acids is 1. The van der Waals surface area contributed by atoms with E-state index < -0.39 is 24.0 Å². The Morgan fingerprint density at radius 1 is 1.04 bits per heavy atom. The molecule has 2 N–H and O–H groups in total. The smallest absolute Gasteiger partial charge is 0.330 e. The van der Waals surface area contributed by atoms with Crippen molar-refractivity contribution in [1.29, 1.82) is 0 Å². The lowest BCUT2D eigenvalue weighted by atomic mass is 10.0. The first-order valence-electron chi connectivity index (χ1n) is 8.09. The SMILES string of the molecule is Cc1cccc(=O)n1C(C(=O)NC(C(=O)O)c1ccccc1)C(C)C. The maximum atomic E-state index is 12.8. The Morgan fingerprint density at radius 3 is 2.20 bits per heavy atom. The average Bonchev–Trinajstić information content (AvgIpc) is 2.56. The number of carbonyl (C=O) groups excluding carboxylic acids is 1. The van der Waals surface area contributed by atoms with Gasteiger partial charge in [-0.2, -0.15) is 0 Å². The van der Waals surface area contributed by atoms with E-state index in [-0.39, 0.29) is 11.5 Å². The number of amides is 1. The van der Waals surface area contributed by atoms with E-state index >= 15 is 0 Å². The third-order valence-electron chi connectivity index (χ3n) is 4.04. The van der Waals surface area contributed by atoms with E-state index in [2.05, 4.69) is 5.32 Å². The molecule has 0 radical (unpaired) electrons. The predicted molar refractivity (Wildman–Crippen MR) is 94.3 cm³/mol. The minimum atomic E-state index is -1.17. The monoisotopic (exact) mass is 342 g/mol. The molecule has 6 heteroatoms. The molecule has 0 saturated heterocycles. The number of nitrogens with one attached hydrogen (secondary N) is 1. The highest BCUT2D eigenvalue weighted by Crippen LogP contribution is 2.21. The van der Waals surface area contributed by atoms with Gasteiger partial charge in [0.15, 0.2) is 6.04 Å². The summed E-state index contributed by atoms with van der Waals surface area (Å²) in [5.74, 6) is -1.84. The van der Waals surface area contributed by atoms with E-state index in [1.54, 1.807) is 49.4 Å². The number of nitrogens with zero attached hydrogens (tertiary/aromatic N) is 1. The molecule has 25 heavy (non-hydrogen) atoms. The summed E-state index contributed by atoms with van der Waals surface area (Å²) in [4.78, 5) is 36.7. The molecular formula is C19H22N2O4. The number of aliphatic carboxylic acids is 1. The summed E-state index contributed by atoms with van der Waals surface area (Å²) in [5, 5.41) is 12.1. The number of carboxylic acid groups (broad SMARTS) is 1. The van der Waals surface area contributed by atoms with Crippen LogP contribution in [0.1, 0.15) is 37.2 Å². The fraction of sp³-hybridized carbons (Fsp3) is 0.316. The summed E-state index contributed by atoms with van der Waals surface area (Å²) in [5.41, 5.74) is 0.830. The number of aryl methyl sites for hydroxylation is 1. The van der Waals surface area contributed by atoms with Gasteiger partial charge in [0.25, 0.3) is 5.56 Å². The van der Waals surface area contributed by atoms with Crippen molar-refractivity contribution >= 4 is 11.9 Å². The largest absolute Gasteiger partial charge is 0.479 e. The Balaban J connectivity index is 2.38. The Morgan fingerprint density at radius 2 is 1.68 bits per heavy atom. The van der Waals surface area contributed by atoms with Gasteiger partial charge >= 0.3 is 5.97 Å². The van der Waals surface area contributed by atoms with Crippen LogP contribution in [0.3, 0.4) is 0 Å². The molecule has 1 amide bonds. The van der Waals surface area contributed by atoms with Crippen molar-refractivity contribution in [2.75, 3.05) is 0 Å². The highest BCUT2D eigenvalue weighted by atomic mass is 16.4. The molecule has 2 atom stereocenters. The minimum absolute atomic E-state index is 0.191. The highest BCUT2D eigenvalue weighted by Gasteiger charge is 2.30. The maximum absolute atomic E-state index is 12.8. The molecule has 1 heterocycles. The summed E-state index contributed by atoms with van der Waals surface area (Å²) in [6.45, 7) is 5.39. The summed E-state index contributed by atoms with van der Waals surface area (Å²) in [7, 11) is 0. The van der Waals surface area contributed by atoms with Crippen LogP contribution in [0.5, 0.6) is 0 Å². The standard InChI is InChI=1S/C19H22N2O4/c1-12(2)17(21-13(3)8-7-11-15(21)22)18(23)20-16(19(24)25)14-9-5-4-6-10-14/h4-12,16-17H,1-3H3,(H,20,23)(H,24,25). The maximum Gasteiger partial charge on any atom is 0.330 e. The first-order chi connectivity index (χ1) is 11.8. The molecular weight excluding hydrogens is 320 g/mol. The van der Waals surface area contributed by atoms with Gasteiger partial charge < -0.3 is 15.0 Å². The van der Waals surface area contributed by atoms with E-state index in [1.165, 1.54) is 10.6 Å². The molecule has 0 bridgehead atoms. The molecule has 2 unspecified atom stereocenters. The molecule has 2 aromatic rings. The van der Waals surface area contributed by atoms with Crippen LogP contribution in [0.2, 0.25) is 0 Å². The molecule has 2 rings (SSSR count). The summed E-state index contributed by atoms with van der Waals surface area (Å²) in [6.07, 6.45) is 0. The second-order valence-electron chi connectivity index (χ2n) is 6.25. The molecule has 0 saturated carbocycles. The summed E-state index contributed by atoms with van der Waals surface area (Å²) < 4.78 is 1.41. The number of hydrogen-bond donors (Lipinski definition) is 2. The third kappa shape index (κ3) is 4.15. The Kier molecular flexibility index (Phi) is 5.75. The van der Waals surface area contributed by atoms with Gasteiger partial charge in [-0.3, -0.25) is 9.59 Å². The van der Waals surface area contributed by atoms with E-state index in [0.717, 1.165) is 0 Å². The van der Waals surface area contributed by atoms with Crippen molar-refractivity contribution in [2.24, 2.45) is 5.92 Å². The van der Waals surface area contributed by atoms with Crippen LogP contribution in [0.25, 0.3) is 0 Å². The van der Waals surface area contributed by atoms with Gasteiger partial charge in [0.05, 0.1) is 0 Å². The fourth-order valence-corrected chi connectivity index (χ4v) is 2.84. The second kappa shape index (κ2) is 7.79. The summed E-state index contributed by atoms with van der Waals surface area (Å²) >= 11 is 0. The minimum Gasteiger partial charge on any atom is -0.479 e. The van der Waals surface area contributed by atoms with Gasteiger partial charge in [0.1, 0.15) is 6.04 Å². The van der Waals surface area contributed by atoms with Gasteiger partial charge in [-0.25, -0.2) is 4.79 Å². The summed E-state index contributed by atoms with van der Waals surface area (Å²) in [6, 6.07) is 11.3. The number of aromatic nitrogens is 1. The van der Waals surface area contributed by atoms with Gasteiger partial charge in [0, 0.05) is 11.8 Å². The molecule has 0 spiro atoms. The molecule has 0 fully saturated rings. The van der Waals surface area contributed by atoms with Crippen LogP contribution in [-0.2, 0) is 9.59 Å². The van der Waals surface area contributed by atoms with Crippen molar-refractivity contribution in [3.8, 4) is 0 Å². The van der Waals surface area contributed by atoms with Crippen LogP contribution < -0.4 is 10.9 Å². The molecule has 1 aromatic heterocycles. The number of hydrogen-bond acceptors (Lipinski definition) is 3. The van der Waals surface area contributed by atoms with E-state index in [1.807, 2.05) is 13.8 Å². The van der Waals surface area contributed by atoms with E-state index in [0.29, 0.717) is 11.3 Å². The van der Waals surface area contributed by atoms with Crippen LogP contribution in [0.15, 0.2) is 53.3 Å². The fourth-order valence-electron chi connectivity index (χ4n) is 2.84. The molecule has 0 aliphatic heterocycles. The first-order valence-corrected chi connectivity index (χ1v) is 8.09. The molecule has 1 aromatic carbocycles. The van der Waals surface area contributed by atoms with Gasteiger partial charge in [-0.05, 0) is 24.5 Å². The molecule has 6 nitrogen and oxygen atoms in total. The number of benzene rings is 1. The lowest BCUT2D eigenvalue weighted by molar-refractivity contribution is -0.142. The molecule has 0 aliphatic carbocycles. The number of carbonyl (C=O) groups is 2. The van der Waals surface area contributed by atoms with Crippen LogP contribution >= 0.6 is 0 Å². The van der Waals surface area contributed by atoms with Crippen LogP contribution in [-0.4, -0.2) is 21.6 Å². The normalized spacial score (nSPS) is 13.3. The Bertz CT molecular complexity index is 812. The van der Waals surface area contributed by atoms with E-state index in [9.17, 15) is 19.5 Å². The Hall–Kier alpha value is -2.89. The molecule has 0 aliphatic rings. The van der Waals surface area contributed by atoms with E-state index in [4.69, 9.17) is 0 Å². The lowest BCUT2D eigenvalue weighted by Gasteiger charge is -2.26. The van der Waals surface area contributed by atoms with Crippen LogP contribution in [0.4, 0.5) is 0 Å². The molecule has 132 valence electrons. The van der Waals surface area contributed by atoms with Gasteiger partial charge in [-0.15, -0.1) is 0 Å². The van der Waals surface area contributed by atoms with Crippen molar-refractivity contribution in [3.63, 3.8) is 0 Å². The number of pyridine rings is 1. The van der Waals surface area contributed by atoms with Gasteiger partial charge in [-0.1, -0.05) is 50.2 Å². The predicted octanol–water partition coefficient (Wildman–Crippen LogP) is 2.30. The lowest BCUT2D eigenvalue weighted by Crippen LogP contribution is -2.43. The number of rotatable bonds is 6. The topological polar surface area (TPSA) is 88.4 Å². The zero-order valence-corrected chi connectivity index (χ0v) is 14.5. The van der Waals surface area contributed by atoms with Crippen LogP contribution in [0, 0.1) is 12.8 Å². The first kappa shape index (κ1) is 18.4. The Labute approximate surface area is 146 Å². The second-order valence-corrected chi connectivity index (χ2v) is 6.25. The average molecular weight is 342 g/mol. The van der Waals surface area contributed by atoms with Crippen molar-refractivity contribution in [3.05, 3.63) is 70.1 Å². The zero-order chi connectivity index (χ0) is 18.6. The van der Waals surface area contributed by atoms with Gasteiger partial charge in [0.2, 0.25) is 5.91 Å². The highest BCUT2D eigenvalue weighted by molar-refractivity contribution is 5.87.